The fourth-order valence-electron chi connectivity index (χ4n) is 4.44. The first-order valence-electron chi connectivity index (χ1n) is 13.4. The molecule has 1 N–H and O–H groups in total. The largest absolute Gasteiger partial charge is 0.459 e. The maximum absolute atomic E-state index is 13.9. The number of nitrogens with one attached hydrogen (secondary N) is 1. The molecular weight excluding hydrogens is 540 g/mol. The molecule has 0 spiro atoms. The average Bonchev–Trinajstić information content (AvgIpc) is 3.29. The number of carbonyl (C=O) groups is 1. The Labute approximate surface area is 242 Å². The molecule has 218 valence electrons. The van der Waals surface area contributed by atoms with Gasteiger partial charge in [-0.25, -0.2) is 18.4 Å². The molecule has 0 atom stereocenters. The summed E-state index contributed by atoms with van der Waals surface area (Å²) >= 11 is 0. The highest BCUT2D eigenvalue weighted by molar-refractivity contribution is 7.92. The smallest absolute Gasteiger partial charge is 0.327 e. The van der Waals surface area contributed by atoms with Gasteiger partial charge >= 0.3 is 5.97 Å². The molecule has 10 nitrogen and oxygen atoms in total. The molecule has 2 heterocycles. The van der Waals surface area contributed by atoms with Gasteiger partial charge in [-0.3, -0.25) is 13.7 Å². The number of aryl methyl sites for hydroxylation is 2. The minimum absolute atomic E-state index is 0.116. The Morgan fingerprint density at radius 1 is 1.00 bits per heavy atom. The van der Waals surface area contributed by atoms with Crippen molar-refractivity contribution in [1.29, 1.82) is 0 Å². The number of anilines is 2. The lowest BCUT2D eigenvalue weighted by Crippen LogP contribution is -2.39. The zero-order valence-corrected chi connectivity index (χ0v) is 25.5. The van der Waals surface area contributed by atoms with Crippen molar-refractivity contribution in [1.82, 2.24) is 19.4 Å². The van der Waals surface area contributed by atoms with Crippen LogP contribution in [0.25, 0.3) is 16.7 Å². The molecule has 0 fully saturated rings. The first-order valence-corrected chi connectivity index (χ1v) is 14.8. The van der Waals surface area contributed by atoms with Gasteiger partial charge in [0.25, 0.3) is 10.0 Å². The van der Waals surface area contributed by atoms with Crippen molar-refractivity contribution in [2.75, 3.05) is 43.4 Å². The van der Waals surface area contributed by atoms with Crippen LogP contribution in [0, 0.1) is 13.8 Å². The maximum atomic E-state index is 13.9. The predicted octanol–water partition coefficient (Wildman–Crippen LogP) is 4.55. The van der Waals surface area contributed by atoms with Gasteiger partial charge in [0.2, 0.25) is 0 Å². The van der Waals surface area contributed by atoms with Crippen LogP contribution in [0.4, 0.5) is 11.5 Å². The molecule has 0 bridgehead atoms. The Morgan fingerprint density at radius 3 is 2.32 bits per heavy atom. The molecule has 0 aliphatic rings. The van der Waals surface area contributed by atoms with E-state index < -0.39 is 28.1 Å². The van der Waals surface area contributed by atoms with Crippen molar-refractivity contribution >= 4 is 38.4 Å². The summed E-state index contributed by atoms with van der Waals surface area (Å²) in [5.74, 6) is 0.667. The molecule has 4 rings (SSSR count). The molecule has 0 aliphatic carbocycles. The van der Waals surface area contributed by atoms with Crippen LogP contribution < -0.4 is 9.62 Å². The summed E-state index contributed by atoms with van der Waals surface area (Å²) in [6.45, 7) is 10.1. The number of esters is 1. The zero-order valence-electron chi connectivity index (χ0n) is 24.7. The van der Waals surface area contributed by atoms with Gasteiger partial charge in [0.1, 0.15) is 18.0 Å². The van der Waals surface area contributed by atoms with Crippen LogP contribution in [-0.4, -0.2) is 73.2 Å². The molecule has 2 aromatic carbocycles. The number of ether oxygens (including phenoxy) is 1. The van der Waals surface area contributed by atoms with Crippen LogP contribution in [0.15, 0.2) is 66.0 Å². The van der Waals surface area contributed by atoms with Crippen LogP contribution >= 0.6 is 0 Å². The molecule has 41 heavy (non-hydrogen) atoms. The van der Waals surface area contributed by atoms with Crippen molar-refractivity contribution in [3.05, 3.63) is 72.2 Å². The number of sulfonamides is 1. The third-order valence-electron chi connectivity index (χ3n) is 6.19. The van der Waals surface area contributed by atoms with Crippen LogP contribution in [0.5, 0.6) is 0 Å². The molecule has 2 aromatic heterocycles. The van der Waals surface area contributed by atoms with Gasteiger partial charge in [-0.05, 0) is 96.2 Å². The number of benzene rings is 2. The Kier molecular flexibility index (Phi) is 8.69. The van der Waals surface area contributed by atoms with Crippen molar-refractivity contribution in [3.63, 3.8) is 0 Å². The molecule has 0 saturated carbocycles. The second-order valence-corrected chi connectivity index (χ2v) is 13.2. The fourth-order valence-corrected chi connectivity index (χ4v) is 6.04. The second-order valence-electron chi connectivity index (χ2n) is 11.3. The van der Waals surface area contributed by atoms with Gasteiger partial charge in [0.05, 0.1) is 28.5 Å². The standard InChI is InChI=1S/C30H38N6O4S/c1-21-14-22(2)16-25(15-21)41(38,39)36(20-29(37)40-30(3,4)5)24-8-9-26-23(17-24)10-12-35(26)28-19-32-27(18-33-28)31-11-13-34(6)7/h8-10,12,14-19H,11,13,20H2,1-7H3,(H,31,32). The van der Waals surface area contributed by atoms with Crippen molar-refractivity contribution in [2.24, 2.45) is 0 Å². The van der Waals surface area contributed by atoms with E-state index in [4.69, 9.17) is 4.74 Å². The molecular formula is C30H38N6O4S. The maximum Gasteiger partial charge on any atom is 0.327 e. The molecule has 0 amide bonds. The van der Waals surface area contributed by atoms with E-state index in [-0.39, 0.29) is 4.90 Å². The van der Waals surface area contributed by atoms with Gasteiger partial charge in [0, 0.05) is 24.7 Å². The van der Waals surface area contributed by atoms with Gasteiger partial charge < -0.3 is 15.0 Å². The molecule has 0 saturated heterocycles. The number of hydrogen-bond acceptors (Lipinski definition) is 8. The van der Waals surface area contributed by atoms with Gasteiger partial charge in [-0.1, -0.05) is 6.07 Å². The number of aromatic nitrogens is 3. The van der Waals surface area contributed by atoms with Crippen LogP contribution in [0.2, 0.25) is 0 Å². The lowest BCUT2D eigenvalue weighted by atomic mass is 10.2. The number of likely N-dealkylation sites (N-methyl/N-ethyl adjacent to an activating group) is 1. The van der Waals surface area contributed by atoms with Crippen LogP contribution in [0.3, 0.4) is 0 Å². The fraction of sp³-hybridized carbons (Fsp3) is 0.367. The summed E-state index contributed by atoms with van der Waals surface area (Å²) in [6, 6.07) is 12.2. The van der Waals surface area contributed by atoms with Crippen molar-refractivity contribution in [2.45, 2.75) is 45.1 Å². The SMILES string of the molecule is Cc1cc(C)cc(S(=O)(=O)N(CC(=O)OC(C)(C)C)c2ccc3c(ccn3-c3cnc(NCCN(C)C)cn3)c2)c1. The second kappa shape index (κ2) is 11.9. The predicted molar refractivity (Wildman–Crippen MR) is 162 cm³/mol. The molecule has 11 heteroatoms. The Morgan fingerprint density at radius 2 is 1.71 bits per heavy atom. The first kappa shape index (κ1) is 30.0. The molecule has 0 radical (unpaired) electrons. The molecule has 0 unspecified atom stereocenters. The Balaban J connectivity index is 1.68. The lowest BCUT2D eigenvalue weighted by Gasteiger charge is -2.26. The topological polar surface area (TPSA) is 110 Å². The van der Waals surface area contributed by atoms with Crippen molar-refractivity contribution < 1.29 is 17.9 Å². The third kappa shape index (κ3) is 7.42. The van der Waals surface area contributed by atoms with E-state index in [0.29, 0.717) is 17.3 Å². The van der Waals surface area contributed by atoms with E-state index in [1.165, 1.54) is 0 Å². The number of fused-ring (bicyclic) bond motifs is 1. The summed E-state index contributed by atoms with van der Waals surface area (Å²) in [7, 11) is -0.0710. The van der Waals surface area contributed by atoms with Gasteiger partial charge in [0.15, 0.2) is 5.82 Å². The van der Waals surface area contributed by atoms with E-state index in [1.807, 2.05) is 56.9 Å². The number of nitrogens with zero attached hydrogens (tertiary/aromatic N) is 5. The van der Waals surface area contributed by atoms with E-state index >= 15 is 0 Å². The van der Waals surface area contributed by atoms with E-state index in [1.54, 1.807) is 57.4 Å². The quantitative estimate of drug-likeness (QED) is 0.273. The number of carbonyl (C=O) groups excluding carboxylic acids is 1. The zero-order chi connectivity index (χ0) is 29.9. The molecule has 0 aliphatic heterocycles. The van der Waals surface area contributed by atoms with Gasteiger partial charge in [-0.2, -0.15) is 0 Å². The summed E-state index contributed by atoms with van der Waals surface area (Å²) < 4.78 is 36.3. The summed E-state index contributed by atoms with van der Waals surface area (Å²) in [5, 5.41) is 4.02. The van der Waals surface area contributed by atoms with Crippen LogP contribution in [0.1, 0.15) is 31.9 Å². The van der Waals surface area contributed by atoms with Crippen LogP contribution in [-0.2, 0) is 19.6 Å². The summed E-state index contributed by atoms with van der Waals surface area (Å²) in [6.07, 6.45) is 5.23. The summed E-state index contributed by atoms with van der Waals surface area (Å²) in [4.78, 5) is 24.1. The minimum Gasteiger partial charge on any atom is -0.459 e. The number of rotatable bonds is 10. The average molecular weight is 579 g/mol. The molecule has 4 aromatic rings. The third-order valence-corrected chi connectivity index (χ3v) is 7.94. The summed E-state index contributed by atoms with van der Waals surface area (Å²) in [5.41, 5.74) is 2.04. The van der Waals surface area contributed by atoms with Gasteiger partial charge in [-0.15, -0.1) is 0 Å². The van der Waals surface area contributed by atoms with E-state index in [0.717, 1.165) is 39.4 Å². The Bertz CT molecular complexity index is 1620. The first-order chi connectivity index (χ1) is 19.2. The minimum atomic E-state index is -4.09. The van der Waals surface area contributed by atoms with E-state index in [9.17, 15) is 13.2 Å². The highest BCUT2D eigenvalue weighted by atomic mass is 32.2. The Hall–Kier alpha value is -3.96. The normalized spacial score (nSPS) is 12.1. The lowest BCUT2D eigenvalue weighted by molar-refractivity contribution is -0.152. The highest BCUT2D eigenvalue weighted by Crippen LogP contribution is 2.30. The number of hydrogen-bond donors (Lipinski definition) is 1. The monoisotopic (exact) mass is 578 g/mol. The van der Waals surface area contributed by atoms with E-state index in [2.05, 4.69) is 20.2 Å². The van der Waals surface area contributed by atoms with Crippen molar-refractivity contribution in [3.8, 4) is 5.82 Å². The highest BCUT2D eigenvalue weighted by Gasteiger charge is 2.30.